The third kappa shape index (κ3) is 4.83. The molecule has 2 aromatic heterocycles. The zero-order chi connectivity index (χ0) is 21.1. The van der Waals surface area contributed by atoms with Gasteiger partial charge in [0, 0.05) is 56.7 Å². The topological polar surface area (TPSA) is 57.0 Å². The number of piperazine rings is 1. The van der Waals surface area contributed by atoms with Crippen molar-refractivity contribution in [1.29, 1.82) is 0 Å². The van der Waals surface area contributed by atoms with E-state index in [1.54, 1.807) is 10.7 Å². The maximum Gasteiger partial charge on any atom is 0.259 e. The van der Waals surface area contributed by atoms with Gasteiger partial charge in [-0.1, -0.05) is 6.92 Å². The Bertz CT molecular complexity index is 852. The van der Waals surface area contributed by atoms with Crippen LogP contribution in [0.25, 0.3) is 5.65 Å². The molecule has 0 aromatic carbocycles. The Kier molecular flexibility index (Phi) is 6.68. The van der Waals surface area contributed by atoms with Crippen LogP contribution in [0.1, 0.15) is 62.0 Å². The van der Waals surface area contributed by atoms with E-state index >= 15 is 0 Å². The van der Waals surface area contributed by atoms with Crippen molar-refractivity contribution < 1.29 is 4.79 Å². The van der Waals surface area contributed by atoms with Crippen LogP contribution in [0.3, 0.4) is 0 Å². The summed E-state index contributed by atoms with van der Waals surface area (Å²) in [6.07, 6.45) is 9.21. The summed E-state index contributed by atoms with van der Waals surface area (Å²) >= 11 is 0. The highest BCUT2D eigenvalue weighted by Gasteiger charge is 2.34. The van der Waals surface area contributed by atoms with Crippen molar-refractivity contribution in [1.82, 2.24) is 29.3 Å². The number of rotatable bonds is 9. The van der Waals surface area contributed by atoms with E-state index < -0.39 is 0 Å². The molecule has 2 aliphatic rings. The summed E-state index contributed by atoms with van der Waals surface area (Å²) in [6, 6.07) is 2.88. The van der Waals surface area contributed by atoms with Crippen LogP contribution in [0.5, 0.6) is 0 Å². The number of carbonyl (C=O) groups excluding carboxylic acids is 1. The molecule has 2 fully saturated rings. The highest BCUT2D eigenvalue weighted by molar-refractivity contribution is 6.00. The van der Waals surface area contributed by atoms with Crippen LogP contribution < -0.4 is 0 Å². The number of carbonyl (C=O) groups is 1. The van der Waals surface area contributed by atoms with Crippen molar-refractivity contribution in [3.8, 4) is 0 Å². The van der Waals surface area contributed by atoms with Crippen LogP contribution in [-0.2, 0) is 0 Å². The molecule has 7 nitrogen and oxygen atoms in total. The van der Waals surface area contributed by atoms with E-state index in [4.69, 9.17) is 0 Å². The number of hydrogen-bond acceptors (Lipinski definition) is 5. The Morgan fingerprint density at radius 1 is 1.27 bits per heavy atom. The van der Waals surface area contributed by atoms with Crippen LogP contribution in [-0.4, -0.2) is 86.6 Å². The molecule has 1 saturated carbocycles. The van der Waals surface area contributed by atoms with Crippen molar-refractivity contribution in [3.63, 3.8) is 0 Å². The lowest BCUT2D eigenvalue weighted by Gasteiger charge is -2.38. The Hall–Kier alpha value is -1.99. The molecule has 0 unspecified atom stereocenters. The largest absolute Gasteiger partial charge is 0.335 e. The second kappa shape index (κ2) is 9.43. The number of aryl methyl sites for hydroxylation is 1. The first kappa shape index (κ1) is 21.2. The number of amides is 1. The van der Waals surface area contributed by atoms with Gasteiger partial charge in [0.25, 0.3) is 5.91 Å². The van der Waals surface area contributed by atoms with E-state index in [1.165, 1.54) is 39.1 Å². The van der Waals surface area contributed by atoms with Gasteiger partial charge in [0.2, 0.25) is 0 Å². The molecule has 2 aromatic rings. The Balaban J connectivity index is 1.32. The predicted octanol–water partition coefficient (Wildman–Crippen LogP) is 2.84. The van der Waals surface area contributed by atoms with Crippen molar-refractivity contribution >= 4 is 11.6 Å². The molecule has 0 spiro atoms. The van der Waals surface area contributed by atoms with E-state index in [1.807, 2.05) is 19.2 Å². The summed E-state index contributed by atoms with van der Waals surface area (Å²) in [6.45, 7) is 13.3. The van der Waals surface area contributed by atoms with E-state index in [-0.39, 0.29) is 5.91 Å². The summed E-state index contributed by atoms with van der Waals surface area (Å²) < 4.78 is 1.70. The molecule has 1 saturated heterocycles. The predicted molar refractivity (Wildman–Crippen MR) is 119 cm³/mol. The van der Waals surface area contributed by atoms with Gasteiger partial charge in [0.1, 0.15) is 5.56 Å². The molecule has 164 valence electrons. The first-order chi connectivity index (χ1) is 14.6. The van der Waals surface area contributed by atoms with Crippen LogP contribution in [0.4, 0.5) is 0 Å². The molecule has 4 rings (SSSR count). The lowest BCUT2D eigenvalue weighted by molar-refractivity contribution is 0.0723. The summed E-state index contributed by atoms with van der Waals surface area (Å²) in [7, 11) is 0. The molecular weight excluding hydrogens is 376 g/mol. The van der Waals surface area contributed by atoms with Gasteiger partial charge in [-0.2, -0.15) is 5.10 Å². The van der Waals surface area contributed by atoms with Crippen LogP contribution in [0, 0.1) is 6.92 Å². The Morgan fingerprint density at radius 3 is 2.73 bits per heavy atom. The van der Waals surface area contributed by atoms with Gasteiger partial charge >= 0.3 is 0 Å². The summed E-state index contributed by atoms with van der Waals surface area (Å²) in [4.78, 5) is 25.1. The van der Waals surface area contributed by atoms with Gasteiger partial charge in [-0.3, -0.25) is 9.69 Å². The molecule has 0 N–H and O–H groups in total. The average molecular weight is 413 g/mol. The third-order valence-corrected chi connectivity index (χ3v) is 6.58. The highest BCUT2D eigenvalue weighted by atomic mass is 16.2. The van der Waals surface area contributed by atoms with Gasteiger partial charge in [-0.25, -0.2) is 9.50 Å². The van der Waals surface area contributed by atoms with Gasteiger partial charge in [0.15, 0.2) is 5.65 Å². The quantitative estimate of drug-likeness (QED) is 0.634. The fraction of sp³-hybridized carbons (Fsp3) is 0.696. The molecule has 1 aliphatic carbocycles. The minimum absolute atomic E-state index is 0.0893. The molecule has 30 heavy (non-hydrogen) atoms. The maximum absolute atomic E-state index is 13.3. The van der Waals surface area contributed by atoms with E-state index in [0.29, 0.717) is 23.3 Å². The Morgan fingerprint density at radius 2 is 2.03 bits per heavy atom. The second-order valence-electron chi connectivity index (χ2n) is 8.99. The fourth-order valence-electron chi connectivity index (χ4n) is 4.58. The van der Waals surface area contributed by atoms with E-state index in [9.17, 15) is 4.79 Å². The van der Waals surface area contributed by atoms with Crippen molar-refractivity contribution in [2.45, 2.75) is 65.0 Å². The second-order valence-corrected chi connectivity index (χ2v) is 8.99. The van der Waals surface area contributed by atoms with Crippen LogP contribution in [0.2, 0.25) is 0 Å². The van der Waals surface area contributed by atoms with Gasteiger partial charge < -0.3 is 9.80 Å². The SMILES string of the molecule is CCCN1CCN([C@H](C)CCCN(C(=O)c2cnn3ccc(C)nc23)C2CC2)CC1. The molecule has 1 amide bonds. The summed E-state index contributed by atoms with van der Waals surface area (Å²) in [5.41, 5.74) is 2.21. The van der Waals surface area contributed by atoms with Gasteiger partial charge in [-0.15, -0.1) is 0 Å². The first-order valence-corrected chi connectivity index (χ1v) is 11.6. The number of nitrogens with zero attached hydrogens (tertiary/aromatic N) is 6. The minimum atomic E-state index is 0.0893. The molecule has 0 radical (unpaired) electrons. The van der Waals surface area contributed by atoms with Crippen molar-refractivity contribution in [2.24, 2.45) is 0 Å². The highest BCUT2D eigenvalue weighted by Crippen LogP contribution is 2.29. The number of hydrogen-bond donors (Lipinski definition) is 0. The molecule has 1 atom stereocenters. The molecule has 1 aliphatic heterocycles. The molecular formula is C23H36N6O. The molecule has 0 bridgehead atoms. The normalized spacial score (nSPS) is 19.3. The zero-order valence-corrected chi connectivity index (χ0v) is 18.8. The zero-order valence-electron chi connectivity index (χ0n) is 18.8. The van der Waals surface area contributed by atoms with Gasteiger partial charge in [0.05, 0.1) is 6.20 Å². The smallest absolute Gasteiger partial charge is 0.259 e. The molecule has 7 heteroatoms. The lowest BCUT2D eigenvalue weighted by Crippen LogP contribution is -2.49. The van der Waals surface area contributed by atoms with Crippen LogP contribution in [0.15, 0.2) is 18.5 Å². The average Bonchev–Trinajstić information content (AvgIpc) is 3.50. The monoisotopic (exact) mass is 412 g/mol. The minimum Gasteiger partial charge on any atom is -0.335 e. The van der Waals surface area contributed by atoms with E-state index in [0.717, 1.165) is 37.9 Å². The Labute approximate surface area is 180 Å². The van der Waals surface area contributed by atoms with E-state index in [2.05, 4.69) is 38.6 Å². The van der Waals surface area contributed by atoms with Crippen molar-refractivity contribution in [2.75, 3.05) is 39.3 Å². The number of aromatic nitrogens is 3. The van der Waals surface area contributed by atoms with Gasteiger partial charge in [-0.05, 0) is 58.6 Å². The maximum atomic E-state index is 13.3. The summed E-state index contributed by atoms with van der Waals surface area (Å²) in [5.74, 6) is 0.0893. The summed E-state index contributed by atoms with van der Waals surface area (Å²) in [5, 5.41) is 4.33. The van der Waals surface area contributed by atoms with Crippen molar-refractivity contribution in [3.05, 3.63) is 29.7 Å². The number of fused-ring (bicyclic) bond motifs is 1. The molecule has 3 heterocycles. The fourth-order valence-corrected chi connectivity index (χ4v) is 4.58. The van der Waals surface area contributed by atoms with Crippen LogP contribution >= 0.6 is 0 Å². The standard InChI is InChI=1S/C23H36N6O/c1-4-10-26-13-15-27(16-14-26)19(3)6-5-11-28(20-7-8-20)23(30)21-17-24-29-12-9-18(2)25-22(21)29/h9,12,17,19-20H,4-8,10-11,13-16H2,1-3H3/t19-/m1/s1. The lowest BCUT2D eigenvalue weighted by atomic mass is 10.1. The third-order valence-electron chi connectivity index (χ3n) is 6.58. The first-order valence-electron chi connectivity index (χ1n) is 11.6.